The summed E-state index contributed by atoms with van der Waals surface area (Å²) in [6.07, 6.45) is 1.76. The van der Waals surface area contributed by atoms with Crippen LogP contribution < -0.4 is 9.64 Å². The molecule has 0 aliphatic carbocycles. The minimum atomic E-state index is 0.114. The molecule has 0 saturated carbocycles. The van der Waals surface area contributed by atoms with Gasteiger partial charge in [-0.1, -0.05) is 30.3 Å². The van der Waals surface area contributed by atoms with Gasteiger partial charge in [-0.05, 0) is 51.1 Å². The number of carbonyl (C=O) groups is 1. The molecule has 0 unspecified atom stereocenters. The fourth-order valence-corrected chi connectivity index (χ4v) is 4.63. The van der Waals surface area contributed by atoms with Crippen molar-refractivity contribution in [1.29, 1.82) is 0 Å². The first kappa shape index (κ1) is 21.5. The molecule has 2 saturated heterocycles. The number of piperazine rings is 1. The van der Waals surface area contributed by atoms with Gasteiger partial charge in [0.25, 0.3) is 0 Å². The minimum Gasteiger partial charge on any atom is -0.504 e. The summed E-state index contributed by atoms with van der Waals surface area (Å²) in [5, 5.41) is 10.4. The van der Waals surface area contributed by atoms with Gasteiger partial charge in [0.05, 0.1) is 6.61 Å². The van der Waals surface area contributed by atoms with E-state index in [0.717, 1.165) is 57.7 Å². The Labute approximate surface area is 185 Å². The maximum atomic E-state index is 13.1. The van der Waals surface area contributed by atoms with E-state index < -0.39 is 0 Å². The number of para-hydroxylation sites is 2. The molecule has 6 heteroatoms. The Hall–Kier alpha value is -2.73. The van der Waals surface area contributed by atoms with Crippen molar-refractivity contribution < 1.29 is 14.6 Å². The van der Waals surface area contributed by atoms with Crippen LogP contribution in [0.3, 0.4) is 0 Å². The summed E-state index contributed by atoms with van der Waals surface area (Å²) in [4.78, 5) is 19.8. The Morgan fingerprint density at radius 1 is 0.968 bits per heavy atom. The van der Waals surface area contributed by atoms with Crippen molar-refractivity contribution in [3.63, 3.8) is 0 Å². The average molecular weight is 424 g/mol. The third-order valence-electron chi connectivity index (χ3n) is 6.43. The van der Waals surface area contributed by atoms with Gasteiger partial charge < -0.3 is 19.6 Å². The summed E-state index contributed by atoms with van der Waals surface area (Å²) in [6, 6.07) is 16.1. The number of phenols is 1. The molecule has 2 aromatic carbocycles. The average Bonchev–Trinajstić information content (AvgIpc) is 2.82. The van der Waals surface area contributed by atoms with Crippen LogP contribution in [0, 0.1) is 5.92 Å². The number of carbonyl (C=O) groups excluding carboxylic acids is 1. The number of hydrogen-bond acceptors (Lipinski definition) is 5. The number of phenolic OH excluding ortho intramolecular Hbond substituents is 1. The number of aromatic hydroxyl groups is 1. The van der Waals surface area contributed by atoms with Crippen LogP contribution in [0.4, 0.5) is 5.69 Å². The zero-order chi connectivity index (χ0) is 21.6. The number of rotatable bonds is 6. The van der Waals surface area contributed by atoms with Crippen molar-refractivity contribution in [1.82, 2.24) is 9.80 Å². The second kappa shape index (κ2) is 10.1. The van der Waals surface area contributed by atoms with Gasteiger partial charge >= 0.3 is 0 Å². The van der Waals surface area contributed by atoms with Crippen LogP contribution >= 0.6 is 0 Å². The van der Waals surface area contributed by atoms with Crippen LogP contribution in [0.1, 0.15) is 25.3 Å². The van der Waals surface area contributed by atoms with E-state index in [4.69, 9.17) is 4.74 Å². The van der Waals surface area contributed by atoms with Crippen molar-refractivity contribution in [2.24, 2.45) is 5.92 Å². The smallest absolute Gasteiger partial charge is 0.225 e. The normalized spacial score (nSPS) is 18.2. The van der Waals surface area contributed by atoms with Gasteiger partial charge in [-0.15, -0.1) is 0 Å². The monoisotopic (exact) mass is 423 g/mol. The van der Waals surface area contributed by atoms with Gasteiger partial charge in [-0.3, -0.25) is 9.69 Å². The van der Waals surface area contributed by atoms with Crippen LogP contribution in [0.2, 0.25) is 0 Å². The van der Waals surface area contributed by atoms with Crippen molar-refractivity contribution in [3.05, 3.63) is 54.1 Å². The third kappa shape index (κ3) is 5.13. The largest absolute Gasteiger partial charge is 0.504 e. The SMILES string of the molecule is CCOc1cccc(CN2CCC(C(=O)N3CCN(c4ccccc4)CC3)CC2)c1O. The molecule has 2 aliphatic rings. The topological polar surface area (TPSA) is 56.2 Å². The molecular weight excluding hydrogens is 390 g/mol. The number of piperidine rings is 1. The minimum absolute atomic E-state index is 0.114. The number of amides is 1. The summed E-state index contributed by atoms with van der Waals surface area (Å²) in [5.74, 6) is 1.20. The lowest BCUT2D eigenvalue weighted by molar-refractivity contribution is -0.137. The molecule has 31 heavy (non-hydrogen) atoms. The first-order valence-electron chi connectivity index (χ1n) is 11.4. The van der Waals surface area contributed by atoms with Crippen LogP contribution in [0.5, 0.6) is 11.5 Å². The predicted molar refractivity (Wildman–Crippen MR) is 123 cm³/mol. The van der Waals surface area contributed by atoms with Crippen LogP contribution in [0.15, 0.2) is 48.5 Å². The molecular formula is C25H33N3O3. The summed E-state index contributed by atoms with van der Waals surface area (Å²) < 4.78 is 5.50. The third-order valence-corrected chi connectivity index (χ3v) is 6.43. The van der Waals surface area contributed by atoms with Crippen LogP contribution in [0.25, 0.3) is 0 Å². The lowest BCUT2D eigenvalue weighted by Crippen LogP contribution is -2.51. The zero-order valence-electron chi connectivity index (χ0n) is 18.4. The van der Waals surface area contributed by atoms with Gasteiger partial charge in [-0.2, -0.15) is 0 Å². The van der Waals surface area contributed by atoms with E-state index >= 15 is 0 Å². The van der Waals surface area contributed by atoms with E-state index in [-0.39, 0.29) is 11.7 Å². The fourth-order valence-electron chi connectivity index (χ4n) is 4.63. The second-order valence-electron chi connectivity index (χ2n) is 8.40. The Bertz CT molecular complexity index is 858. The first-order chi connectivity index (χ1) is 15.2. The summed E-state index contributed by atoms with van der Waals surface area (Å²) in [7, 11) is 0. The quantitative estimate of drug-likeness (QED) is 0.772. The molecule has 2 aromatic rings. The molecule has 4 rings (SSSR count). The second-order valence-corrected chi connectivity index (χ2v) is 8.40. The highest BCUT2D eigenvalue weighted by molar-refractivity contribution is 5.79. The zero-order valence-corrected chi connectivity index (χ0v) is 18.4. The van der Waals surface area contributed by atoms with Crippen LogP contribution in [-0.2, 0) is 11.3 Å². The Morgan fingerprint density at radius 3 is 2.35 bits per heavy atom. The first-order valence-corrected chi connectivity index (χ1v) is 11.4. The van der Waals surface area contributed by atoms with Gasteiger partial charge in [0.1, 0.15) is 0 Å². The van der Waals surface area contributed by atoms with E-state index in [1.165, 1.54) is 5.69 Å². The molecule has 2 heterocycles. The lowest BCUT2D eigenvalue weighted by atomic mass is 9.94. The highest BCUT2D eigenvalue weighted by Crippen LogP contribution is 2.32. The van der Waals surface area contributed by atoms with Gasteiger partial charge in [0.2, 0.25) is 5.91 Å². The molecule has 2 fully saturated rings. The molecule has 1 N–H and O–H groups in total. The van der Waals surface area contributed by atoms with E-state index in [1.807, 2.05) is 25.1 Å². The van der Waals surface area contributed by atoms with Crippen LogP contribution in [-0.4, -0.2) is 66.7 Å². The predicted octanol–water partition coefficient (Wildman–Crippen LogP) is 3.35. The van der Waals surface area contributed by atoms with E-state index in [0.29, 0.717) is 24.8 Å². The number of benzene rings is 2. The Balaban J connectivity index is 1.26. The highest BCUT2D eigenvalue weighted by Gasteiger charge is 2.30. The summed E-state index contributed by atoms with van der Waals surface area (Å²) in [5.41, 5.74) is 2.12. The maximum Gasteiger partial charge on any atom is 0.225 e. The molecule has 0 bridgehead atoms. The lowest BCUT2D eigenvalue weighted by Gasteiger charge is -2.39. The number of nitrogens with zero attached hydrogens (tertiary/aromatic N) is 3. The van der Waals surface area contributed by atoms with E-state index in [2.05, 4.69) is 39.0 Å². The standard InChI is InChI=1S/C25H33N3O3/c1-2-31-23-10-6-7-21(24(23)29)19-26-13-11-20(12-14-26)25(30)28-17-15-27(16-18-28)22-8-4-3-5-9-22/h3-10,20,29H,2,11-19H2,1H3. The molecule has 0 spiro atoms. The summed E-state index contributed by atoms with van der Waals surface area (Å²) in [6.45, 7) is 8.26. The van der Waals surface area contributed by atoms with Gasteiger partial charge in [0.15, 0.2) is 11.5 Å². The van der Waals surface area contributed by atoms with Gasteiger partial charge in [-0.25, -0.2) is 0 Å². The molecule has 0 radical (unpaired) electrons. The maximum absolute atomic E-state index is 13.1. The van der Waals surface area contributed by atoms with E-state index in [9.17, 15) is 9.90 Å². The molecule has 2 aliphatic heterocycles. The van der Waals surface area contributed by atoms with Crippen molar-refractivity contribution >= 4 is 11.6 Å². The number of ether oxygens (including phenoxy) is 1. The fraction of sp³-hybridized carbons (Fsp3) is 0.480. The Morgan fingerprint density at radius 2 is 1.68 bits per heavy atom. The van der Waals surface area contributed by atoms with E-state index in [1.54, 1.807) is 6.07 Å². The number of anilines is 1. The number of hydrogen-bond donors (Lipinski definition) is 1. The molecule has 6 nitrogen and oxygen atoms in total. The van der Waals surface area contributed by atoms with Crippen molar-refractivity contribution in [3.8, 4) is 11.5 Å². The van der Waals surface area contributed by atoms with Crippen molar-refractivity contribution in [2.75, 3.05) is 50.8 Å². The molecule has 0 aromatic heterocycles. The molecule has 166 valence electrons. The van der Waals surface area contributed by atoms with Crippen molar-refractivity contribution in [2.45, 2.75) is 26.3 Å². The Kier molecular flexibility index (Phi) is 6.97. The van der Waals surface area contributed by atoms with Gasteiger partial charge in [0, 0.05) is 49.9 Å². The molecule has 0 atom stereocenters. The summed E-state index contributed by atoms with van der Waals surface area (Å²) >= 11 is 0. The molecule has 1 amide bonds. The highest BCUT2D eigenvalue weighted by atomic mass is 16.5. The number of likely N-dealkylation sites (tertiary alicyclic amines) is 1.